The summed E-state index contributed by atoms with van der Waals surface area (Å²) >= 11 is 6.09. The zero-order valence-corrected chi connectivity index (χ0v) is 22.8. The molecule has 5 rings (SSSR count). The van der Waals surface area contributed by atoms with E-state index >= 15 is 0 Å². The maximum atomic E-state index is 13.2. The lowest BCUT2D eigenvalue weighted by molar-refractivity contribution is -0.119. The number of hydrogen-bond acceptors (Lipinski definition) is 6. The molecule has 0 atom stereocenters. The summed E-state index contributed by atoms with van der Waals surface area (Å²) in [6.07, 6.45) is 0. The first-order valence-corrected chi connectivity index (χ1v) is 13.0. The Morgan fingerprint density at radius 1 is 0.805 bits per heavy atom. The molecule has 3 amide bonds. The van der Waals surface area contributed by atoms with Gasteiger partial charge in [0.05, 0.1) is 28.1 Å². The van der Waals surface area contributed by atoms with Crippen LogP contribution in [-0.4, -0.2) is 36.1 Å². The first kappa shape index (κ1) is 27.5. The average molecular weight is 567 g/mol. The van der Waals surface area contributed by atoms with Gasteiger partial charge >= 0.3 is 5.97 Å². The number of carbonyl (C=O) groups excluding carboxylic acids is 5. The summed E-state index contributed by atoms with van der Waals surface area (Å²) in [5.74, 6) is -2.92. The highest BCUT2D eigenvalue weighted by atomic mass is 35.5. The van der Waals surface area contributed by atoms with E-state index in [0.29, 0.717) is 16.3 Å². The van der Waals surface area contributed by atoms with E-state index in [0.717, 1.165) is 16.0 Å². The largest absolute Gasteiger partial charge is 0.452 e. The maximum Gasteiger partial charge on any atom is 0.338 e. The van der Waals surface area contributed by atoms with E-state index in [1.165, 1.54) is 36.4 Å². The second-order valence-electron chi connectivity index (χ2n) is 9.51. The smallest absolute Gasteiger partial charge is 0.338 e. The van der Waals surface area contributed by atoms with Crippen LogP contribution in [0.5, 0.6) is 0 Å². The van der Waals surface area contributed by atoms with E-state index in [-0.39, 0.29) is 33.7 Å². The van der Waals surface area contributed by atoms with Crippen molar-refractivity contribution in [1.29, 1.82) is 0 Å². The third-order valence-corrected chi connectivity index (χ3v) is 6.83. The van der Waals surface area contributed by atoms with Gasteiger partial charge in [-0.25, -0.2) is 9.69 Å². The molecular weight excluding hydrogens is 544 g/mol. The predicted molar refractivity (Wildman–Crippen MR) is 154 cm³/mol. The van der Waals surface area contributed by atoms with Crippen molar-refractivity contribution in [2.24, 2.45) is 0 Å². The van der Waals surface area contributed by atoms with E-state index < -0.39 is 30.3 Å². The molecule has 0 saturated carbocycles. The van der Waals surface area contributed by atoms with Crippen LogP contribution in [0.25, 0.3) is 0 Å². The molecule has 8 nitrogen and oxygen atoms in total. The molecule has 1 N–H and O–H groups in total. The van der Waals surface area contributed by atoms with Gasteiger partial charge in [-0.3, -0.25) is 19.2 Å². The summed E-state index contributed by atoms with van der Waals surface area (Å²) in [6, 6.07) is 22.5. The van der Waals surface area contributed by atoms with Crippen molar-refractivity contribution in [1.82, 2.24) is 0 Å². The number of esters is 1. The van der Waals surface area contributed by atoms with Crippen LogP contribution in [0.3, 0.4) is 0 Å². The Hall–Kier alpha value is -5.08. The Morgan fingerprint density at radius 3 is 2.29 bits per heavy atom. The molecule has 0 radical (unpaired) electrons. The lowest BCUT2D eigenvalue weighted by atomic mass is 10.0. The molecule has 0 spiro atoms. The summed E-state index contributed by atoms with van der Waals surface area (Å²) in [6.45, 7) is 3.01. The van der Waals surface area contributed by atoms with E-state index in [9.17, 15) is 24.0 Å². The molecule has 4 aromatic carbocycles. The molecule has 9 heteroatoms. The third kappa shape index (κ3) is 5.50. The van der Waals surface area contributed by atoms with Crippen LogP contribution in [0.4, 0.5) is 11.4 Å². The number of nitrogens with one attached hydrogen (secondary N) is 1. The number of aryl methyl sites for hydroxylation is 2. The summed E-state index contributed by atoms with van der Waals surface area (Å²) in [5.41, 5.74) is 3.17. The average Bonchev–Trinajstić information content (AvgIpc) is 3.22. The second kappa shape index (κ2) is 11.2. The molecule has 1 heterocycles. The highest BCUT2D eigenvalue weighted by Gasteiger charge is 2.38. The summed E-state index contributed by atoms with van der Waals surface area (Å²) in [5, 5.41) is 2.90. The number of carbonyl (C=O) groups is 5. The van der Waals surface area contributed by atoms with E-state index in [4.69, 9.17) is 16.3 Å². The summed E-state index contributed by atoms with van der Waals surface area (Å²) in [4.78, 5) is 65.7. The minimum absolute atomic E-state index is 0.00644. The molecule has 41 heavy (non-hydrogen) atoms. The predicted octanol–water partition coefficient (Wildman–Crippen LogP) is 5.78. The number of hydrogen-bond donors (Lipinski definition) is 1. The number of benzene rings is 4. The van der Waals surface area contributed by atoms with Crippen LogP contribution in [0, 0.1) is 13.8 Å². The number of imide groups is 1. The number of rotatable bonds is 7. The van der Waals surface area contributed by atoms with Crippen molar-refractivity contribution in [2.75, 3.05) is 16.8 Å². The Morgan fingerprint density at radius 2 is 1.54 bits per heavy atom. The molecule has 204 valence electrons. The molecule has 0 saturated heterocycles. The molecule has 0 fully saturated rings. The van der Waals surface area contributed by atoms with Gasteiger partial charge in [-0.1, -0.05) is 54.1 Å². The van der Waals surface area contributed by atoms with E-state index in [1.54, 1.807) is 43.3 Å². The Labute approximate surface area is 240 Å². The zero-order chi connectivity index (χ0) is 29.3. The first-order valence-electron chi connectivity index (χ1n) is 12.6. The highest BCUT2D eigenvalue weighted by Crippen LogP contribution is 2.32. The van der Waals surface area contributed by atoms with Gasteiger partial charge in [0.25, 0.3) is 17.7 Å². The fraction of sp³-hybridized carbons (Fsp3) is 0.0938. The van der Waals surface area contributed by atoms with E-state index in [2.05, 4.69) is 5.32 Å². The zero-order valence-electron chi connectivity index (χ0n) is 22.1. The van der Waals surface area contributed by atoms with Gasteiger partial charge in [-0.05, 0) is 67.4 Å². The number of nitrogens with zero attached hydrogens (tertiary/aromatic N) is 1. The van der Waals surface area contributed by atoms with Gasteiger partial charge in [-0.15, -0.1) is 0 Å². The minimum atomic E-state index is -0.856. The number of ether oxygens (including phenoxy) is 1. The van der Waals surface area contributed by atoms with Gasteiger partial charge in [0.2, 0.25) is 0 Å². The summed E-state index contributed by atoms with van der Waals surface area (Å²) in [7, 11) is 0. The molecule has 0 aromatic heterocycles. The molecule has 1 aliphatic heterocycles. The Balaban J connectivity index is 1.28. The van der Waals surface area contributed by atoms with E-state index in [1.807, 2.05) is 19.1 Å². The Kier molecular flexibility index (Phi) is 7.50. The van der Waals surface area contributed by atoms with Crippen LogP contribution in [0.2, 0.25) is 5.02 Å². The van der Waals surface area contributed by atoms with Crippen molar-refractivity contribution in [3.8, 4) is 0 Å². The van der Waals surface area contributed by atoms with Gasteiger partial charge in [0, 0.05) is 16.1 Å². The first-order chi connectivity index (χ1) is 19.6. The number of ketones is 1. The van der Waals surface area contributed by atoms with Crippen LogP contribution in [0.15, 0.2) is 84.9 Å². The topological polar surface area (TPSA) is 110 Å². The molecule has 0 unspecified atom stereocenters. The highest BCUT2D eigenvalue weighted by molar-refractivity contribution is 6.35. The molecule has 1 aliphatic rings. The fourth-order valence-corrected chi connectivity index (χ4v) is 4.68. The quantitative estimate of drug-likeness (QED) is 0.172. The molecular formula is C32H23ClN2O6. The maximum absolute atomic E-state index is 13.2. The number of halogens is 1. The second-order valence-corrected chi connectivity index (χ2v) is 9.94. The lowest BCUT2D eigenvalue weighted by Gasteiger charge is -2.17. The van der Waals surface area contributed by atoms with Crippen LogP contribution >= 0.6 is 11.6 Å². The normalized spacial score (nSPS) is 12.2. The fourth-order valence-electron chi connectivity index (χ4n) is 4.51. The van der Waals surface area contributed by atoms with Crippen molar-refractivity contribution in [2.45, 2.75) is 13.8 Å². The lowest BCUT2D eigenvalue weighted by Crippen LogP contribution is -2.30. The van der Waals surface area contributed by atoms with Crippen molar-refractivity contribution >= 4 is 52.4 Å². The van der Waals surface area contributed by atoms with Crippen LogP contribution in [0.1, 0.15) is 58.1 Å². The summed E-state index contributed by atoms with van der Waals surface area (Å²) < 4.78 is 5.17. The minimum Gasteiger partial charge on any atom is -0.452 e. The number of amides is 3. The van der Waals surface area contributed by atoms with Crippen molar-refractivity contribution < 1.29 is 28.7 Å². The molecule has 4 aromatic rings. The standard InChI is InChI=1S/C32H23ClN2O6/c1-18-8-9-19(2)27(14-18)35-30(38)23-12-10-21(15-24(23)31(35)39)32(40)41-17-28(36)34-26-13-11-22(33)16-25(26)29(37)20-6-4-3-5-7-20/h3-16H,17H2,1-2H3,(H,34,36). The van der Waals surface area contributed by atoms with Crippen LogP contribution in [-0.2, 0) is 9.53 Å². The van der Waals surface area contributed by atoms with Crippen molar-refractivity contribution in [3.05, 3.63) is 129 Å². The molecule has 0 aliphatic carbocycles. The third-order valence-electron chi connectivity index (χ3n) is 6.60. The number of anilines is 2. The number of fused-ring (bicyclic) bond motifs is 1. The van der Waals surface area contributed by atoms with Gasteiger partial charge in [0.1, 0.15) is 0 Å². The van der Waals surface area contributed by atoms with Gasteiger partial charge in [-0.2, -0.15) is 0 Å². The van der Waals surface area contributed by atoms with Crippen molar-refractivity contribution in [3.63, 3.8) is 0 Å². The molecule has 0 bridgehead atoms. The monoisotopic (exact) mass is 566 g/mol. The van der Waals surface area contributed by atoms with Crippen LogP contribution < -0.4 is 10.2 Å². The Bertz CT molecular complexity index is 1750. The van der Waals surface area contributed by atoms with Gasteiger partial charge in [0.15, 0.2) is 12.4 Å². The SMILES string of the molecule is Cc1ccc(C)c(N2C(=O)c3ccc(C(=O)OCC(=O)Nc4ccc(Cl)cc4C(=O)c4ccccc4)cc3C2=O)c1. The van der Waals surface area contributed by atoms with Gasteiger partial charge < -0.3 is 10.1 Å².